The van der Waals surface area contributed by atoms with E-state index < -0.39 is 23.4 Å². The number of benzene rings is 3. The average molecular weight is 474 g/mol. The number of non-ortho nitro benzene ring substituents is 1. The smallest absolute Gasteiger partial charge is 0.311 e. The fraction of sp³-hybridized carbons (Fsp3) is 0.192. The normalized spacial score (nSPS) is 15.1. The number of hydrogen-bond acceptors (Lipinski definition) is 7. The third-order valence-corrected chi connectivity index (χ3v) is 5.79. The number of carbonyl (C=O) groups excluding carboxylic acids is 3. The molecule has 1 heterocycles. The minimum Gasteiger partial charge on any atom is -0.497 e. The Morgan fingerprint density at radius 2 is 1.69 bits per heavy atom. The molecule has 1 aliphatic rings. The third kappa shape index (κ3) is 5.35. The number of ether oxygens (including phenoxy) is 2. The highest BCUT2D eigenvalue weighted by Crippen LogP contribution is 2.29. The summed E-state index contributed by atoms with van der Waals surface area (Å²) in [6, 6.07) is 19.9. The largest absolute Gasteiger partial charge is 0.497 e. The zero-order chi connectivity index (χ0) is 24.9. The van der Waals surface area contributed by atoms with Crippen LogP contribution in [-0.2, 0) is 14.3 Å². The topological polar surface area (TPSA) is 116 Å². The maximum absolute atomic E-state index is 12.5. The summed E-state index contributed by atoms with van der Waals surface area (Å²) in [5.41, 5.74) is 2.65. The highest BCUT2D eigenvalue weighted by Gasteiger charge is 2.36. The maximum Gasteiger partial charge on any atom is 0.311 e. The van der Waals surface area contributed by atoms with Crippen molar-refractivity contribution in [1.82, 2.24) is 0 Å². The number of methoxy groups -OCH3 is 1. The summed E-state index contributed by atoms with van der Waals surface area (Å²) >= 11 is 0. The van der Waals surface area contributed by atoms with Gasteiger partial charge in [0.2, 0.25) is 5.91 Å². The molecule has 1 aliphatic heterocycles. The zero-order valence-electron chi connectivity index (χ0n) is 18.9. The van der Waals surface area contributed by atoms with Crippen LogP contribution in [0.15, 0.2) is 72.8 Å². The lowest BCUT2D eigenvalue weighted by Gasteiger charge is -2.17. The summed E-state index contributed by atoms with van der Waals surface area (Å²) in [7, 11) is 1.50. The van der Waals surface area contributed by atoms with Crippen LogP contribution in [0.2, 0.25) is 0 Å². The SMILES string of the molecule is COc1cccc(C(=O)COC(=O)[C@H]2CC(=O)N(c3ccc(-c4ccc([N+](=O)[O-])cc4)cc3)C2)c1. The summed E-state index contributed by atoms with van der Waals surface area (Å²) in [5.74, 6) is -1.32. The van der Waals surface area contributed by atoms with Gasteiger partial charge in [-0.1, -0.05) is 24.3 Å². The minimum absolute atomic E-state index is 0.00368. The number of carbonyl (C=O) groups is 3. The maximum atomic E-state index is 12.5. The molecule has 1 amide bonds. The van der Waals surface area contributed by atoms with E-state index in [1.165, 1.54) is 24.1 Å². The number of ketones is 1. The van der Waals surface area contributed by atoms with Crippen molar-refractivity contribution in [2.75, 3.05) is 25.2 Å². The summed E-state index contributed by atoms with van der Waals surface area (Å²) in [4.78, 5) is 49.3. The number of rotatable bonds is 8. The predicted molar refractivity (Wildman–Crippen MR) is 127 cm³/mol. The Kier molecular flexibility index (Phi) is 6.86. The quantitative estimate of drug-likeness (QED) is 0.209. The molecule has 0 unspecified atom stereocenters. The molecule has 3 aromatic carbocycles. The van der Waals surface area contributed by atoms with E-state index >= 15 is 0 Å². The van der Waals surface area contributed by atoms with Crippen LogP contribution in [0.1, 0.15) is 16.8 Å². The first-order valence-corrected chi connectivity index (χ1v) is 10.8. The van der Waals surface area contributed by atoms with Gasteiger partial charge in [0, 0.05) is 36.3 Å². The molecule has 0 N–H and O–H groups in total. The molecule has 9 nitrogen and oxygen atoms in total. The predicted octanol–water partition coefficient (Wildman–Crippen LogP) is 4.05. The second-order valence-electron chi connectivity index (χ2n) is 8.02. The van der Waals surface area contributed by atoms with Crippen molar-refractivity contribution in [1.29, 1.82) is 0 Å². The van der Waals surface area contributed by atoms with Gasteiger partial charge in [-0.3, -0.25) is 24.5 Å². The van der Waals surface area contributed by atoms with E-state index in [1.54, 1.807) is 48.5 Å². The second kappa shape index (κ2) is 10.2. The second-order valence-corrected chi connectivity index (χ2v) is 8.02. The van der Waals surface area contributed by atoms with Crippen molar-refractivity contribution in [3.05, 3.63) is 88.5 Å². The molecule has 0 spiro atoms. The lowest BCUT2D eigenvalue weighted by atomic mass is 10.0. The zero-order valence-corrected chi connectivity index (χ0v) is 18.9. The first kappa shape index (κ1) is 23.6. The van der Waals surface area contributed by atoms with E-state index in [2.05, 4.69) is 0 Å². The molecular formula is C26H22N2O7. The van der Waals surface area contributed by atoms with Gasteiger partial charge in [-0.2, -0.15) is 0 Å². The molecule has 0 radical (unpaired) electrons. The molecule has 0 saturated carbocycles. The van der Waals surface area contributed by atoms with Crippen LogP contribution in [-0.4, -0.2) is 42.8 Å². The lowest BCUT2D eigenvalue weighted by Crippen LogP contribution is -2.27. The Bertz CT molecular complexity index is 1270. The summed E-state index contributed by atoms with van der Waals surface area (Å²) in [5, 5.41) is 10.8. The fourth-order valence-electron chi connectivity index (χ4n) is 3.86. The van der Waals surface area contributed by atoms with Crippen molar-refractivity contribution in [3.8, 4) is 16.9 Å². The number of esters is 1. The first-order valence-electron chi connectivity index (χ1n) is 10.8. The molecule has 1 fully saturated rings. The molecular weight excluding hydrogens is 452 g/mol. The van der Waals surface area contributed by atoms with Crippen LogP contribution in [0.25, 0.3) is 11.1 Å². The monoisotopic (exact) mass is 474 g/mol. The molecule has 178 valence electrons. The van der Waals surface area contributed by atoms with Crippen LogP contribution in [0.5, 0.6) is 5.75 Å². The van der Waals surface area contributed by atoms with Gasteiger partial charge in [0.05, 0.1) is 18.0 Å². The van der Waals surface area contributed by atoms with Gasteiger partial charge < -0.3 is 14.4 Å². The van der Waals surface area contributed by atoms with Crippen LogP contribution in [0.3, 0.4) is 0 Å². The van der Waals surface area contributed by atoms with Crippen LogP contribution >= 0.6 is 0 Å². The van der Waals surface area contributed by atoms with Crippen molar-refractivity contribution in [2.24, 2.45) is 5.92 Å². The van der Waals surface area contributed by atoms with Gasteiger partial charge in [-0.15, -0.1) is 0 Å². The molecule has 4 rings (SSSR count). The number of nitro groups is 1. The van der Waals surface area contributed by atoms with Gasteiger partial charge >= 0.3 is 5.97 Å². The molecule has 35 heavy (non-hydrogen) atoms. The fourth-order valence-corrected chi connectivity index (χ4v) is 3.86. The summed E-state index contributed by atoms with van der Waals surface area (Å²) in [6.45, 7) is -0.261. The van der Waals surface area contributed by atoms with Crippen LogP contribution in [0.4, 0.5) is 11.4 Å². The Morgan fingerprint density at radius 1 is 1.03 bits per heavy atom. The molecule has 1 saturated heterocycles. The van der Waals surface area contributed by atoms with Crippen molar-refractivity contribution >= 4 is 29.0 Å². The number of nitrogens with zero attached hydrogens (tertiary/aromatic N) is 2. The Labute approximate surface area is 201 Å². The summed E-state index contributed by atoms with van der Waals surface area (Å²) in [6.07, 6.45) is -0.00368. The Hall–Kier alpha value is -4.53. The van der Waals surface area contributed by atoms with Gasteiger partial charge in [0.25, 0.3) is 5.69 Å². The van der Waals surface area contributed by atoms with E-state index in [4.69, 9.17) is 9.47 Å². The standard InChI is InChI=1S/C26H22N2O7/c1-34-23-4-2-3-19(13-23)24(29)16-35-26(31)20-14-25(30)27(15-20)21-9-5-17(6-10-21)18-7-11-22(12-8-18)28(32)33/h2-13,20H,14-16H2,1H3/t20-/m0/s1. The Morgan fingerprint density at radius 3 is 2.31 bits per heavy atom. The minimum atomic E-state index is -0.671. The van der Waals surface area contributed by atoms with Gasteiger partial charge in [-0.25, -0.2) is 0 Å². The lowest BCUT2D eigenvalue weighted by molar-refractivity contribution is -0.384. The number of anilines is 1. The molecule has 1 atom stereocenters. The van der Waals surface area contributed by atoms with Crippen molar-refractivity contribution in [3.63, 3.8) is 0 Å². The van der Waals surface area contributed by atoms with E-state index in [-0.39, 0.29) is 30.3 Å². The molecule has 3 aromatic rings. The Balaban J connectivity index is 1.36. The van der Waals surface area contributed by atoms with Gasteiger partial charge in [-0.05, 0) is 47.5 Å². The average Bonchev–Trinajstić information content (AvgIpc) is 3.28. The highest BCUT2D eigenvalue weighted by molar-refractivity contribution is 6.01. The van der Waals surface area contributed by atoms with E-state index in [1.807, 2.05) is 12.1 Å². The third-order valence-electron chi connectivity index (χ3n) is 5.79. The van der Waals surface area contributed by atoms with E-state index in [0.717, 1.165) is 11.1 Å². The number of nitro benzene ring substituents is 1. The molecule has 0 aromatic heterocycles. The van der Waals surface area contributed by atoms with Crippen LogP contribution in [0, 0.1) is 16.0 Å². The number of hydrogen-bond donors (Lipinski definition) is 0. The van der Waals surface area contributed by atoms with E-state index in [9.17, 15) is 24.5 Å². The molecule has 0 aliphatic carbocycles. The van der Waals surface area contributed by atoms with E-state index in [0.29, 0.717) is 17.0 Å². The number of amides is 1. The number of Topliss-reactive ketones (excluding diaryl/α,β-unsaturated/α-hetero) is 1. The van der Waals surface area contributed by atoms with Crippen molar-refractivity contribution in [2.45, 2.75) is 6.42 Å². The van der Waals surface area contributed by atoms with Crippen molar-refractivity contribution < 1.29 is 28.8 Å². The highest BCUT2D eigenvalue weighted by atomic mass is 16.6. The van der Waals surface area contributed by atoms with Gasteiger partial charge in [0.15, 0.2) is 12.4 Å². The summed E-state index contributed by atoms with van der Waals surface area (Å²) < 4.78 is 10.3. The molecule has 0 bridgehead atoms. The first-order chi connectivity index (χ1) is 16.9. The van der Waals surface area contributed by atoms with Gasteiger partial charge in [0.1, 0.15) is 5.75 Å². The van der Waals surface area contributed by atoms with Crippen LogP contribution < -0.4 is 9.64 Å². The molecule has 9 heteroatoms.